The van der Waals surface area contributed by atoms with E-state index in [4.69, 9.17) is 5.11 Å². The number of hydrogen-bond donors (Lipinski definition) is 1. The van der Waals surface area contributed by atoms with Gasteiger partial charge in [0.15, 0.2) is 11.6 Å². The van der Waals surface area contributed by atoms with Gasteiger partial charge in [-0.05, 0) is 39.2 Å². The van der Waals surface area contributed by atoms with E-state index in [9.17, 15) is 14.4 Å². The first-order valence-electron chi connectivity index (χ1n) is 9.59. The molecule has 0 fully saturated rings. The molecule has 2 rings (SSSR count). The number of carbonyl (C=O) groups is 3. The standard InChI is InChI=1S/C23H28O4/c1-15-16(2)23(27)21(17(3)22(15)26)19(18-11-7-6-8-12-18)13-9-4-5-10-14-20(24)25/h6-8,11-12,19H,4-5,9-10,13-14H2,1-3H3,(H,24,25). The van der Waals surface area contributed by atoms with Crippen LogP contribution in [0, 0.1) is 0 Å². The molecule has 0 spiro atoms. The number of allylic oxidation sites excluding steroid dienone is 4. The second-order valence-electron chi connectivity index (χ2n) is 7.26. The van der Waals surface area contributed by atoms with Gasteiger partial charge < -0.3 is 5.11 Å². The minimum Gasteiger partial charge on any atom is -0.481 e. The predicted molar refractivity (Wildman–Crippen MR) is 106 cm³/mol. The highest BCUT2D eigenvalue weighted by Gasteiger charge is 2.33. The molecule has 0 saturated carbocycles. The first-order valence-corrected chi connectivity index (χ1v) is 9.59. The summed E-state index contributed by atoms with van der Waals surface area (Å²) in [5, 5.41) is 8.73. The summed E-state index contributed by atoms with van der Waals surface area (Å²) in [5.41, 5.74) is 3.32. The third-order valence-electron chi connectivity index (χ3n) is 5.42. The van der Waals surface area contributed by atoms with Gasteiger partial charge >= 0.3 is 5.97 Å². The molecule has 0 amide bonds. The lowest BCUT2D eigenvalue weighted by atomic mass is 9.75. The molecule has 1 aliphatic carbocycles. The molecule has 0 aromatic heterocycles. The Morgan fingerprint density at radius 2 is 1.44 bits per heavy atom. The van der Waals surface area contributed by atoms with Crippen LogP contribution in [0.3, 0.4) is 0 Å². The highest BCUT2D eigenvalue weighted by Crippen LogP contribution is 2.37. The third-order valence-corrected chi connectivity index (χ3v) is 5.42. The first-order chi connectivity index (χ1) is 12.8. The monoisotopic (exact) mass is 368 g/mol. The van der Waals surface area contributed by atoms with E-state index in [0.717, 1.165) is 31.2 Å². The summed E-state index contributed by atoms with van der Waals surface area (Å²) in [6.45, 7) is 5.21. The molecular formula is C23H28O4. The van der Waals surface area contributed by atoms with Crippen molar-refractivity contribution in [2.24, 2.45) is 0 Å². The molecule has 1 N–H and O–H groups in total. The zero-order chi connectivity index (χ0) is 20.0. The molecule has 27 heavy (non-hydrogen) atoms. The number of rotatable bonds is 9. The number of Topliss-reactive ketones (excluding diaryl/α,β-unsaturated/α-hetero) is 2. The van der Waals surface area contributed by atoms with Crippen molar-refractivity contribution < 1.29 is 19.5 Å². The molecule has 4 nitrogen and oxygen atoms in total. The Hall–Kier alpha value is -2.49. The van der Waals surface area contributed by atoms with Crippen molar-refractivity contribution in [2.75, 3.05) is 0 Å². The van der Waals surface area contributed by atoms with Crippen molar-refractivity contribution in [2.45, 2.75) is 65.2 Å². The average Bonchev–Trinajstić information content (AvgIpc) is 2.66. The fourth-order valence-electron chi connectivity index (χ4n) is 3.68. The fourth-order valence-corrected chi connectivity index (χ4v) is 3.68. The highest BCUT2D eigenvalue weighted by molar-refractivity contribution is 6.25. The van der Waals surface area contributed by atoms with E-state index >= 15 is 0 Å². The highest BCUT2D eigenvalue weighted by atomic mass is 16.4. The summed E-state index contributed by atoms with van der Waals surface area (Å²) < 4.78 is 0. The molecule has 1 aromatic rings. The van der Waals surface area contributed by atoms with Gasteiger partial charge in [0.05, 0.1) is 0 Å². The number of hydrogen-bond acceptors (Lipinski definition) is 3. The smallest absolute Gasteiger partial charge is 0.303 e. The van der Waals surface area contributed by atoms with Crippen LogP contribution in [-0.4, -0.2) is 22.6 Å². The van der Waals surface area contributed by atoms with Gasteiger partial charge in [-0.1, -0.05) is 49.6 Å². The summed E-state index contributed by atoms with van der Waals surface area (Å²) in [4.78, 5) is 36.2. The second-order valence-corrected chi connectivity index (χ2v) is 7.26. The quantitative estimate of drug-likeness (QED) is 0.492. The summed E-state index contributed by atoms with van der Waals surface area (Å²) in [6.07, 6.45) is 4.30. The third kappa shape index (κ3) is 5.03. The molecule has 0 bridgehead atoms. The average molecular weight is 368 g/mol. The lowest BCUT2D eigenvalue weighted by Crippen LogP contribution is -2.24. The minimum absolute atomic E-state index is 0.0238. The van der Waals surface area contributed by atoms with Crippen LogP contribution in [-0.2, 0) is 14.4 Å². The van der Waals surface area contributed by atoms with E-state index in [1.807, 2.05) is 30.3 Å². The largest absolute Gasteiger partial charge is 0.481 e. The van der Waals surface area contributed by atoms with Crippen LogP contribution >= 0.6 is 0 Å². The maximum absolute atomic E-state index is 13.0. The van der Waals surface area contributed by atoms with E-state index in [0.29, 0.717) is 28.7 Å². The summed E-state index contributed by atoms with van der Waals surface area (Å²) in [7, 11) is 0. The molecule has 0 saturated heterocycles. The van der Waals surface area contributed by atoms with Crippen molar-refractivity contribution in [3.63, 3.8) is 0 Å². The van der Waals surface area contributed by atoms with Gasteiger partial charge in [0.25, 0.3) is 0 Å². The molecule has 1 aliphatic rings. The molecule has 0 aliphatic heterocycles. The predicted octanol–water partition coefficient (Wildman–Crippen LogP) is 5.00. The van der Waals surface area contributed by atoms with Crippen molar-refractivity contribution >= 4 is 17.5 Å². The number of carbonyl (C=O) groups excluding carboxylic acids is 2. The summed E-state index contributed by atoms with van der Waals surface area (Å²) >= 11 is 0. The lowest BCUT2D eigenvalue weighted by molar-refractivity contribution is -0.137. The number of aliphatic carboxylic acids is 1. The zero-order valence-electron chi connectivity index (χ0n) is 16.4. The minimum atomic E-state index is -0.762. The Kier molecular flexibility index (Phi) is 7.28. The number of carboxylic acids is 1. The Labute approximate surface area is 161 Å². The van der Waals surface area contributed by atoms with Gasteiger partial charge in [-0.15, -0.1) is 0 Å². The lowest BCUT2D eigenvalue weighted by Gasteiger charge is -2.26. The number of benzene rings is 1. The Morgan fingerprint density at radius 1 is 0.852 bits per heavy atom. The first kappa shape index (κ1) is 20.8. The van der Waals surface area contributed by atoms with Gasteiger partial charge in [-0.3, -0.25) is 14.4 Å². The molecule has 0 heterocycles. The van der Waals surface area contributed by atoms with Crippen molar-refractivity contribution in [1.82, 2.24) is 0 Å². The number of carboxylic acid groups (broad SMARTS) is 1. The van der Waals surface area contributed by atoms with Gasteiger partial charge in [0, 0.05) is 34.6 Å². The molecule has 0 radical (unpaired) electrons. The van der Waals surface area contributed by atoms with Crippen LogP contribution in [0.15, 0.2) is 52.6 Å². The second kappa shape index (κ2) is 9.45. The molecule has 1 unspecified atom stereocenters. The van der Waals surface area contributed by atoms with Gasteiger partial charge in [-0.25, -0.2) is 0 Å². The van der Waals surface area contributed by atoms with Crippen LogP contribution in [0.25, 0.3) is 0 Å². The van der Waals surface area contributed by atoms with Crippen LogP contribution < -0.4 is 0 Å². The molecule has 1 aromatic carbocycles. The molecule has 1 atom stereocenters. The Balaban J connectivity index is 2.20. The van der Waals surface area contributed by atoms with E-state index in [1.54, 1.807) is 20.8 Å². The Morgan fingerprint density at radius 3 is 2.07 bits per heavy atom. The SMILES string of the molecule is CC1=C(C)C(=O)C(C(CCCCCCC(=O)O)c2ccccc2)=C(C)C1=O. The topological polar surface area (TPSA) is 71.4 Å². The number of ketones is 2. The molecule has 144 valence electrons. The zero-order valence-corrected chi connectivity index (χ0v) is 16.4. The maximum Gasteiger partial charge on any atom is 0.303 e. The maximum atomic E-state index is 13.0. The van der Waals surface area contributed by atoms with Crippen LogP contribution in [0.2, 0.25) is 0 Å². The normalized spacial score (nSPS) is 16.1. The summed E-state index contributed by atoms with van der Waals surface area (Å²) in [6, 6.07) is 9.86. The fraction of sp³-hybridized carbons (Fsp3) is 0.435. The van der Waals surface area contributed by atoms with Gasteiger partial charge in [0.1, 0.15) is 0 Å². The van der Waals surface area contributed by atoms with E-state index in [2.05, 4.69) is 0 Å². The molecular weight excluding hydrogens is 340 g/mol. The van der Waals surface area contributed by atoms with E-state index in [1.165, 1.54) is 0 Å². The van der Waals surface area contributed by atoms with Crippen molar-refractivity contribution in [3.8, 4) is 0 Å². The van der Waals surface area contributed by atoms with E-state index < -0.39 is 5.97 Å². The van der Waals surface area contributed by atoms with Crippen LogP contribution in [0.1, 0.15) is 70.8 Å². The van der Waals surface area contributed by atoms with Crippen molar-refractivity contribution in [3.05, 3.63) is 58.2 Å². The number of unbranched alkanes of at least 4 members (excludes halogenated alkanes) is 3. The molecule has 4 heteroatoms. The van der Waals surface area contributed by atoms with Crippen LogP contribution in [0.5, 0.6) is 0 Å². The van der Waals surface area contributed by atoms with Gasteiger partial charge in [-0.2, -0.15) is 0 Å². The van der Waals surface area contributed by atoms with Crippen LogP contribution in [0.4, 0.5) is 0 Å². The van der Waals surface area contributed by atoms with Crippen molar-refractivity contribution in [1.29, 1.82) is 0 Å². The summed E-state index contributed by atoms with van der Waals surface area (Å²) in [5.74, 6) is -0.930. The van der Waals surface area contributed by atoms with Gasteiger partial charge in [0.2, 0.25) is 0 Å². The Bertz CT molecular complexity index is 784. The van der Waals surface area contributed by atoms with E-state index in [-0.39, 0.29) is 23.9 Å².